The second kappa shape index (κ2) is 6.07. The Balaban J connectivity index is 3.20. The minimum absolute atomic E-state index is 0.127. The van der Waals surface area contributed by atoms with E-state index in [0.29, 0.717) is 12.5 Å². The van der Waals surface area contributed by atoms with Crippen molar-refractivity contribution in [1.29, 1.82) is 0 Å². The van der Waals surface area contributed by atoms with Crippen molar-refractivity contribution in [3.63, 3.8) is 0 Å². The number of halogens is 2. The first-order valence-electron chi connectivity index (χ1n) is 5.50. The molecule has 19 heavy (non-hydrogen) atoms. The number of aliphatic carboxylic acids is 1. The highest BCUT2D eigenvalue weighted by Gasteiger charge is 2.26. The molecular formula is C11H12F2N2O4. The molecule has 1 aromatic rings. The topological polar surface area (TPSA) is 92.5 Å². The van der Waals surface area contributed by atoms with Gasteiger partial charge in [-0.1, -0.05) is 13.3 Å². The first kappa shape index (κ1) is 14.8. The van der Waals surface area contributed by atoms with Gasteiger partial charge in [-0.25, -0.2) is 13.6 Å². The van der Waals surface area contributed by atoms with E-state index in [1.165, 1.54) is 0 Å². The standard InChI is InChI=1S/C11H12F2N2O4/c1-2-3-7(11(16)17)14-10-8(15(18)19)5-4-6(12)9(10)13/h4-5,7,14H,2-3H2,1H3,(H,16,17). The van der Waals surface area contributed by atoms with Crippen LogP contribution in [0.4, 0.5) is 20.2 Å². The Kier molecular flexibility index (Phi) is 4.74. The number of nitrogens with one attached hydrogen (secondary N) is 1. The van der Waals surface area contributed by atoms with Crippen molar-refractivity contribution >= 4 is 17.3 Å². The molecule has 2 N–H and O–H groups in total. The lowest BCUT2D eigenvalue weighted by Gasteiger charge is -2.15. The van der Waals surface area contributed by atoms with Gasteiger partial charge in [0.15, 0.2) is 17.3 Å². The molecule has 0 saturated heterocycles. The molecule has 0 aliphatic rings. The van der Waals surface area contributed by atoms with Gasteiger partial charge in [0.05, 0.1) is 4.92 Å². The van der Waals surface area contributed by atoms with Crippen LogP contribution in [0.5, 0.6) is 0 Å². The fourth-order valence-electron chi connectivity index (χ4n) is 1.55. The van der Waals surface area contributed by atoms with Gasteiger partial charge in [0.25, 0.3) is 5.69 Å². The summed E-state index contributed by atoms with van der Waals surface area (Å²) >= 11 is 0. The van der Waals surface area contributed by atoms with Crippen LogP contribution in [-0.2, 0) is 4.79 Å². The Morgan fingerprint density at radius 1 is 1.53 bits per heavy atom. The third kappa shape index (κ3) is 3.36. The van der Waals surface area contributed by atoms with Gasteiger partial charge in [-0.2, -0.15) is 0 Å². The Hall–Kier alpha value is -2.25. The molecule has 0 aliphatic carbocycles. The van der Waals surface area contributed by atoms with Crippen LogP contribution >= 0.6 is 0 Å². The number of hydrogen-bond donors (Lipinski definition) is 2. The van der Waals surface area contributed by atoms with E-state index in [2.05, 4.69) is 5.32 Å². The Labute approximate surface area is 107 Å². The molecule has 0 bridgehead atoms. The van der Waals surface area contributed by atoms with E-state index >= 15 is 0 Å². The van der Waals surface area contributed by atoms with E-state index in [1.807, 2.05) is 0 Å². The zero-order valence-corrected chi connectivity index (χ0v) is 10.0. The number of anilines is 1. The monoisotopic (exact) mass is 274 g/mol. The van der Waals surface area contributed by atoms with Crippen molar-refractivity contribution in [1.82, 2.24) is 0 Å². The van der Waals surface area contributed by atoms with E-state index in [9.17, 15) is 23.7 Å². The Morgan fingerprint density at radius 2 is 2.16 bits per heavy atom. The van der Waals surface area contributed by atoms with E-state index in [-0.39, 0.29) is 6.42 Å². The molecule has 0 spiro atoms. The van der Waals surface area contributed by atoms with Crippen LogP contribution in [0.3, 0.4) is 0 Å². The van der Waals surface area contributed by atoms with E-state index < -0.39 is 39.9 Å². The summed E-state index contributed by atoms with van der Waals surface area (Å²) < 4.78 is 26.6. The van der Waals surface area contributed by atoms with Crippen LogP contribution in [0, 0.1) is 21.7 Å². The summed E-state index contributed by atoms with van der Waals surface area (Å²) in [5.41, 5.74) is -1.45. The maximum absolute atomic E-state index is 13.6. The number of carboxylic acid groups (broad SMARTS) is 1. The maximum Gasteiger partial charge on any atom is 0.326 e. The molecule has 8 heteroatoms. The van der Waals surface area contributed by atoms with Gasteiger partial charge >= 0.3 is 5.97 Å². The highest BCUT2D eigenvalue weighted by Crippen LogP contribution is 2.30. The lowest BCUT2D eigenvalue weighted by Crippen LogP contribution is -2.29. The number of hydrogen-bond acceptors (Lipinski definition) is 4. The molecular weight excluding hydrogens is 262 g/mol. The quantitative estimate of drug-likeness (QED) is 0.614. The van der Waals surface area contributed by atoms with Crippen LogP contribution in [0.25, 0.3) is 0 Å². The number of benzene rings is 1. The summed E-state index contributed by atoms with van der Waals surface area (Å²) in [5.74, 6) is -4.04. The van der Waals surface area contributed by atoms with Gasteiger partial charge < -0.3 is 10.4 Å². The first-order chi connectivity index (χ1) is 8.88. The van der Waals surface area contributed by atoms with Gasteiger partial charge in [-0.3, -0.25) is 10.1 Å². The molecule has 6 nitrogen and oxygen atoms in total. The Bertz CT molecular complexity index is 508. The van der Waals surface area contributed by atoms with Crippen LogP contribution < -0.4 is 5.32 Å². The van der Waals surface area contributed by atoms with Crippen molar-refractivity contribution < 1.29 is 23.6 Å². The molecule has 0 heterocycles. The van der Waals surface area contributed by atoms with Gasteiger partial charge in [0, 0.05) is 6.07 Å². The highest BCUT2D eigenvalue weighted by molar-refractivity contribution is 5.79. The number of carboxylic acids is 1. The summed E-state index contributed by atoms with van der Waals surface area (Å²) in [6, 6.07) is 0.180. The van der Waals surface area contributed by atoms with Gasteiger partial charge in [0.2, 0.25) is 0 Å². The molecule has 0 radical (unpaired) electrons. The molecule has 0 aromatic heterocycles. The van der Waals surface area contributed by atoms with Gasteiger partial charge in [0.1, 0.15) is 6.04 Å². The fraction of sp³-hybridized carbons (Fsp3) is 0.364. The smallest absolute Gasteiger partial charge is 0.326 e. The van der Waals surface area contributed by atoms with Crippen LogP contribution in [0.1, 0.15) is 19.8 Å². The summed E-state index contributed by atoms with van der Waals surface area (Å²) in [4.78, 5) is 20.7. The molecule has 0 aliphatic heterocycles. The lowest BCUT2D eigenvalue weighted by molar-refractivity contribution is -0.384. The van der Waals surface area contributed by atoms with Crippen molar-refractivity contribution in [2.75, 3.05) is 5.32 Å². The predicted molar refractivity (Wildman–Crippen MR) is 63.0 cm³/mol. The number of carbonyl (C=O) groups is 1. The summed E-state index contributed by atoms with van der Waals surface area (Å²) in [6.07, 6.45) is 0.594. The van der Waals surface area contributed by atoms with E-state index in [0.717, 1.165) is 6.07 Å². The van der Waals surface area contributed by atoms with Crippen molar-refractivity contribution in [2.24, 2.45) is 0 Å². The van der Waals surface area contributed by atoms with Crippen LogP contribution in [-0.4, -0.2) is 22.0 Å². The van der Waals surface area contributed by atoms with Gasteiger partial charge in [-0.05, 0) is 12.5 Å². The number of nitro groups is 1. The number of rotatable bonds is 6. The molecule has 1 unspecified atom stereocenters. The fourth-order valence-corrected chi connectivity index (χ4v) is 1.55. The van der Waals surface area contributed by atoms with Crippen molar-refractivity contribution in [3.8, 4) is 0 Å². The average Bonchev–Trinajstić information content (AvgIpc) is 2.33. The molecule has 1 aromatic carbocycles. The summed E-state index contributed by atoms with van der Waals surface area (Å²) in [5, 5.41) is 21.8. The average molecular weight is 274 g/mol. The number of nitrogens with zero attached hydrogens (tertiary/aromatic N) is 1. The minimum Gasteiger partial charge on any atom is -0.480 e. The first-order valence-corrected chi connectivity index (χ1v) is 5.50. The van der Waals surface area contributed by atoms with Crippen LogP contribution in [0.15, 0.2) is 12.1 Å². The second-order valence-corrected chi connectivity index (χ2v) is 3.84. The third-order valence-electron chi connectivity index (χ3n) is 2.46. The second-order valence-electron chi connectivity index (χ2n) is 3.84. The number of nitro benzene ring substituents is 1. The van der Waals surface area contributed by atoms with E-state index in [4.69, 9.17) is 5.11 Å². The highest BCUT2D eigenvalue weighted by atomic mass is 19.2. The summed E-state index contributed by atoms with van der Waals surface area (Å²) in [7, 11) is 0. The zero-order chi connectivity index (χ0) is 14.6. The van der Waals surface area contributed by atoms with Gasteiger partial charge in [-0.15, -0.1) is 0 Å². The molecule has 0 amide bonds. The zero-order valence-electron chi connectivity index (χ0n) is 10.0. The molecule has 1 rings (SSSR count). The third-order valence-corrected chi connectivity index (χ3v) is 2.46. The molecule has 0 saturated carbocycles. The SMILES string of the molecule is CCCC(Nc1c([N+](=O)[O-])ccc(F)c1F)C(=O)O. The van der Waals surface area contributed by atoms with Crippen LogP contribution in [0.2, 0.25) is 0 Å². The van der Waals surface area contributed by atoms with E-state index in [1.54, 1.807) is 6.92 Å². The Morgan fingerprint density at radius 3 is 2.63 bits per heavy atom. The minimum atomic E-state index is -1.46. The van der Waals surface area contributed by atoms with Crippen molar-refractivity contribution in [2.45, 2.75) is 25.8 Å². The van der Waals surface area contributed by atoms with Crippen molar-refractivity contribution in [3.05, 3.63) is 33.9 Å². The molecule has 0 fully saturated rings. The summed E-state index contributed by atoms with van der Waals surface area (Å²) in [6.45, 7) is 1.70. The molecule has 104 valence electrons. The normalized spacial score (nSPS) is 11.9. The lowest BCUT2D eigenvalue weighted by atomic mass is 10.1. The predicted octanol–water partition coefficient (Wildman–Crippen LogP) is 2.54. The maximum atomic E-state index is 13.6. The largest absolute Gasteiger partial charge is 0.480 e. The molecule has 1 atom stereocenters.